The second kappa shape index (κ2) is 4.54. The van der Waals surface area contributed by atoms with Gasteiger partial charge in [-0.25, -0.2) is 9.37 Å². The number of rotatable bonds is 3. The maximum absolute atomic E-state index is 13.2. The summed E-state index contributed by atoms with van der Waals surface area (Å²) in [5.74, 6) is 1.67. The van der Waals surface area contributed by atoms with Crippen molar-refractivity contribution in [2.45, 2.75) is 24.8 Å². The SMILES string of the molecule is O=C(NC12CC3CC1C2C3)c1csc(-c2ccc(F)c(Cl)c2)n1. The number of thiazole rings is 1. The Morgan fingerprint density at radius 2 is 2.17 bits per heavy atom. The van der Waals surface area contributed by atoms with E-state index in [1.807, 2.05) is 0 Å². The molecule has 2 aromatic rings. The monoisotopic (exact) mass is 348 g/mol. The predicted molar refractivity (Wildman–Crippen MR) is 87.0 cm³/mol. The van der Waals surface area contributed by atoms with Gasteiger partial charge in [-0.3, -0.25) is 4.79 Å². The molecule has 4 saturated carbocycles. The second-order valence-corrected chi connectivity index (χ2v) is 8.18. The lowest BCUT2D eigenvalue weighted by Gasteiger charge is -2.13. The molecule has 0 radical (unpaired) electrons. The average molecular weight is 349 g/mol. The largest absolute Gasteiger partial charge is 0.345 e. The van der Waals surface area contributed by atoms with Crippen molar-refractivity contribution in [3.05, 3.63) is 40.1 Å². The first-order valence-corrected chi connectivity index (χ1v) is 9.06. The molecule has 0 aliphatic heterocycles. The van der Waals surface area contributed by atoms with E-state index in [2.05, 4.69) is 10.3 Å². The summed E-state index contributed by atoms with van der Waals surface area (Å²) in [6, 6.07) is 4.49. The van der Waals surface area contributed by atoms with Crippen LogP contribution in [0.25, 0.3) is 10.6 Å². The highest BCUT2D eigenvalue weighted by atomic mass is 35.5. The van der Waals surface area contributed by atoms with Gasteiger partial charge in [-0.05, 0) is 55.2 Å². The minimum absolute atomic E-state index is 0.0640. The van der Waals surface area contributed by atoms with Gasteiger partial charge in [0.25, 0.3) is 5.91 Å². The molecule has 3 nitrogen and oxygen atoms in total. The maximum atomic E-state index is 13.2. The maximum Gasteiger partial charge on any atom is 0.271 e. The quantitative estimate of drug-likeness (QED) is 0.906. The average Bonchev–Trinajstić information content (AvgIpc) is 3.12. The van der Waals surface area contributed by atoms with Crippen molar-refractivity contribution in [3.63, 3.8) is 0 Å². The number of carbonyl (C=O) groups excluding carboxylic acids is 1. The molecule has 1 amide bonds. The molecule has 0 saturated heterocycles. The van der Waals surface area contributed by atoms with Crippen LogP contribution in [0.5, 0.6) is 0 Å². The number of benzene rings is 1. The lowest BCUT2D eigenvalue weighted by Crippen LogP contribution is -2.37. The van der Waals surface area contributed by atoms with Crippen LogP contribution in [-0.2, 0) is 0 Å². The Bertz CT molecular complexity index is 824. The number of amides is 1. The molecule has 4 bridgehead atoms. The van der Waals surface area contributed by atoms with E-state index in [0.717, 1.165) is 17.9 Å². The summed E-state index contributed by atoms with van der Waals surface area (Å²) in [4.78, 5) is 16.9. The highest BCUT2D eigenvalue weighted by molar-refractivity contribution is 7.13. The van der Waals surface area contributed by atoms with E-state index in [1.54, 1.807) is 17.5 Å². The molecule has 2 unspecified atom stereocenters. The predicted octanol–water partition coefficient (Wildman–Crippen LogP) is 4.13. The van der Waals surface area contributed by atoms with E-state index in [0.29, 0.717) is 22.5 Å². The fraction of sp³-hybridized carbons (Fsp3) is 0.412. The van der Waals surface area contributed by atoms with Crippen LogP contribution in [0.2, 0.25) is 5.02 Å². The highest BCUT2D eigenvalue weighted by Gasteiger charge is 2.75. The highest BCUT2D eigenvalue weighted by Crippen LogP contribution is 2.73. The molecule has 23 heavy (non-hydrogen) atoms. The van der Waals surface area contributed by atoms with Crippen molar-refractivity contribution in [2.24, 2.45) is 17.8 Å². The Hall–Kier alpha value is -1.46. The van der Waals surface area contributed by atoms with Gasteiger partial charge < -0.3 is 5.32 Å². The first-order valence-electron chi connectivity index (χ1n) is 7.80. The summed E-state index contributed by atoms with van der Waals surface area (Å²) in [7, 11) is 0. The van der Waals surface area contributed by atoms with Gasteiger partial charge in [0.1, 0.15) is 16.5 Å². The first kappa shape index (κ1) is 13.9. The molecule has 6 heteroatoms. The number of hydrogen-bond acceptors (Lipinski definition) is 3. The topological polar surface area (TPSA) is 42.0 Å². The van der Waals surface area contributed by atoms with Gasteiger partial charge in [-0.15, -0.1) is 11.3 Å². The van der Waals surface area contributed by atoms with Crippen molar-refractivity contribution in [2.75, 3.05) is 0 Å². The van der Waals surface area contributed by atoms with Crippen molar-refractivity contribution >= 4 is 28.8 Å². The minimum Gasteiger partial charge on any atom is -0.345 e. The third kappa shape index (κ3) is 1.93. The first-order chi connectivity index (χ1) is 11.1. The molecule has 1 aromatic carbocycles. The number of halogens is 2. The summed E-state index contributed by atoms with van der Waals surface area (Å²) in [6.07, 6.45) is 3.70. The number of hydrogen-bond donors (Lipinski definition) is 1. The lowest BCUT2D eigenvalue weighted by atomic mass is 10.1. The Morgan fingerprint density at radius 1 is 1.39 bits per heavy atom. The van der Waals surface area contributed by atoms with Crippen LogP contribution in [0.4, 0.5) is 4.39 Å². The van der Waals surface area contributed by atoms with Crippen LogP contribution in [-0.4, -0.2) is 16.4 Å². The third-order valence-electron chi connectivity index (χ3n) is 5.75. The van der Waals surface area contributed by atoms with Crippen LogP contribution in [0.3, 0.4) is 0 Å². The summed E-state index contributed by atoms with van der Waals surface area (Å²) in [6.45, 7) is 0. The van der Waals surface area contributed by atoms with E-state index in [4.69, 9.17) is 11.6 Å². The van der Waals surface area contributed by atoms with Crippen molar-refractivity contribution < 1.29 is 9.18 Å². The van der Waals surface area contributed by atoms with Crippen LogP contribution in [0.1, 0.15) is 29.8 Å². The Labute approximate surface area is 141 Å². The van der Waals surface area contributed by atoms with Crippen LogP contribution >= 0.6 is 22.9 Å². The summed E-state index contributed by atoms with van der Waals surface area (Å²) < 4.78 is 13.2. The molecule has 4 aliphatic rings. The van der Waals surface area contributed by atoms with E-state index in [1.165, 1.54) is 30.2 Å². The van der Waals surface area contributed by atoms with Crippen molar-refractivity contribution in [3.8, 4) is 10.6 Å². The number of nitrogens with one attached hydrogen (secondary N) is 1. The Morgan fingerprint density at radius 3 is 2.83 bits per heavy atom. The fourth-order valence-electron chi connectivity index (χ4n) is 4.77. The molecule has 1 heterocycles. The normalized spacial score (nSPS) is 33.0. The Balaban J connectivity index is 1.37. The number of carbonyl (C=O) groups is 1. The van der Waals surface area contributed by atoms with E-state index >= 15 is 0 Å². The van der Waals surface area contributed by atoms with Crippen molar-refractivity contribution in [1.82, 2.24) is 10.3 Å². The minimum atomic E-state index is -0.455. The van der Waals surface area contributed by atoms with Gasteiger partial charge in [0.05, 0.1) is 5.02 Å². The molecule has 6 rings (SSSR count). The van der Waals surface area contributed by atoms with Crippen LogP contribution in [0.15, 0.2) is 23.6 Å². The summed E-state index contributed by atoms with van der Waals surface area (Å²) in [5.41, 5.74) is 1.24. The number of nitrogens with zero attached hydrogens (tertiary/aromatic N) is 1. The molecule has 4 fully saturated rings. The summed E-state index contributed by atoms with van der Waals surface area (Å²) >= 11 is 7.19. The molecular formula is C17H14ClFN2OS. The van der Waals surface area contributed by atoms with Gasteiger partial charge in [-0.1, -0.05) is 11.6 Å². The molecule has 118 valence electrons. The van der Waals surface area contributed by atoms with E-state index in [9.17, 15) is 9.18 Å². The zero-order valence-electron chi connectivity index (χ0n) is 12.2. The molecule has 1 N–H and O–H groups in total. The molecule has 0 spiro atoms. The molecular weight excluding hydrogens is 335 g/mol. The van der Waals surface area contributed by atoms with Gasteiger partial charge in [0, 0.05) is 16.5 Å². The lowest BCUT2D eigenvalue weighted by molar-refractivity contribution is 0.0924. The molecule has 4 aliphatic carbocycles. The fourth-order valence-corrected chi connectivity index (χ4v) is 5.74. The zero-order chi connectivity index (χ0) is 15.8. The van der Waals surface area contributed by atoms with E-state index in [-0.39, 0.29) is 16.5 Å². The summed E-state index contributed by atoms with van der Waals surface area (Å²) in [5, 5.41) is 5.74. The third-order valence-corrected chi connectivity index (χ3v) is 6.93. The van der Waals surface area contributed by atoms with Crippen LogP contribution < -0.4 is 5.32 Å². The smallest absolute Gasteiger partial charge is 0.271 e. The van der Waals surface area contributed by atoms with Crippen LogP contribution in [0, 0.1) is 23.6 Å². The van der Waals surface area contributed by atoms with E-state index < -0.39 is 5.82 Å². The van der Waals surface area contributed by atoms with Gasteiger partial charge in [0.2, 0.25) is 0 Å². The van der Waals surface area contributed by atoms with Crippen molar-refractivity contribution in [1.29, 1.82) is 0 Å². The standard InChI is InChI=1S/C17H14ClFN2OS/c18-12-5-9(1-2-13(12)19)16-20-14(7-23-16)15(22)21-17-6-8-3-10(17)11(17)4-8/h1-2,5,7-8,10-11H,3-4,6H2,(H,21,22). The Kier molecular flexibility index (Phi) is 2.75. The van der Waals surface area contributed by atoms with Gasteiger partial charge in [0.15, 0.2) is 0 Å². The number of aromatic nitrogens is 1. The molecule has 1 aromatic heterocycles. The van der Waals surface area contributed by atoms with Gasteiger partial charge >= 0.3 is 0 Å². The molecule has 2 atom stereocenters. The zero-order valence-corrected chi connectivity index (χ0v) is 13.8. The second-order valence-electron chi connectivity index (χ2n) is 6.92. The van der Waals surface area contributed by atoms with Gasteiger partial charge in [-0.2, -0.15) is 0 Å².